The van der Waals surface area contributed by atoms with Gasteiger partial charge < -0.3 is 10.6 Å². The van der Waals surface area contributed by atoms with Gasteiger partial charge in [0, 0.05) is 25.5 Å². The Hall–Kier alpha value is -1.44. The summed E-state index contributed by atoms with van der Waals surface area (Å²) in [5, 5.41) is 10.2. The minimum Gasteiger partial charge on any atom is -0.383 e. The summed E-state index contributed by atoms with van der Waals surface area (Å²) >= 11 is 7.81. The summed E-state index contributed by atoms with van der Waals surface area (Å²) in [4.78, 5) is 15.3. The molecule has 1 aliphatic rings. The molecule has 2 aromatic heterocycles. The standard InChI is InChI=1S/C16H23ClN6S/c1-11-22-13(9-24-11)8-23-5-3-12(4-6-23)7-19-16-14(18-2)15(17)20-10-21-16/h9-10,12,18H,3-8H2,1-2H3,(H,19,20,21). The SMILES string of the molecule is CNc1c(Cl)ncnc1NCC1CCN(Cc2csc(C)n2)CC1. The van der Waals surface area contributed by atoms with Crippen LogP contribution in [0.3, 0.4) is 0 Å². The second kappa shape index (κ2) is 8.09. The Morgan fingerprint density at radius 1 is 1.33 bits per heavy atom. The van der Waals surface area contributed by atoms with Crippen molar-refractivity contribution >= 4 is 34.4 Å². The van der Waals surface area contributed by atoms with Crippen LogP contribution in [0.4, 0.5) is 11.5 Å². The van der Waals surface area contributed by atoms with Crippen LogP contribution in [0, 0.1) is 12.8 Å². The number of piperidine rings is 1. The van der Waals surface area contributed by atoms with E-state index < -0.39 is 0 Å². The number of aryl methyl sites for hydroxylation is 1. The fourth-order valence-electron chi connectivity index (χ4n) is 3.02. The van der Waals surface area contributed by atoms with Gasteiger partial charge in [0.05, 0.1) is 10.7 Å². The Labute approximate surface area is 151 Å². The first-order chi connectivity index (χ1) is 11.7. The quantitative estimate of drug-likeness (QED) is 0.765. The third-order valence-electron chi connectivity index (χ3n) is 4.37. The third-order valence-corrected chi connectivity index (χ3v) is 5.48. The second-order valence-electron chi connectivity index (χ2n) is 6.10. The Balaban J connectivity index is 1.46. The number of likely N-dealkylation sites (tertiary alicyclic amines) is 1. The van der Waals surface area contributed by atoms with Gasteiger partial charge in [0.15, 0.2) is 11.0 Å². The Bertz CT molecular complexity index is 668. The number of hydrogen-bond acceptors (Lipinski definition) is 7. The smallest absolute Gasteiger partial charge is 0.157 e. The van der Waals surface area contributed by atoms with E-state index in [4.69, 9.17) is 11.6 Å². The molecule has 0 amide bonds. The van der Waals surface area contributed by atoms with Gasteiger partial charge in [0.25, 0.3) is 0 Å². The summed E-state index contributed by atoms with van der Waals surface area (Å²) in [6, 6.07) is 0. The van der Waals surface area contributed by atoms with E-state index in [1.807, 2.05) is 7.05 Å². The summed E-state index contributed by atoms with van der Waals surface area (Å²) in [5.41, 5.74) is 1.96. The number of aromatic nitrogens is 3. The Morgan fingerprint density at radius 2 is 2.12 bits per heavy atom. The van der Waals surface area contributed by atoms with Gasteiger partial charge in [-0.25, -0.2) is 15.0 Å². The maximum Gasteiger partial charge on any atom is 0.157 e. The lowest BCUT2D eigenvalue weighted by Crippen LogP contribution is -2.35. The van der Waals surface area contributed by atoms with Crippen molar-refractivity contribution in [2.45, 2.75) is 26.3 Å². The van der Waals surface area contributed by atoms with Crippen molar-refractivity contribution in [1.29, 1.82) is 0 Å². The van der Waals surface area contributed by atoms with Crippen molar-refractivity contribution in [1.82, 2.24) is 19.9 Å². The van der Waals surface area contributed by atoms with Gasteiger partial charge in [-0.2, -0.15) is 0 Å². The minimum absolute atomic E-state index is 0.448. The summed E-state index contributed by atoms with van der Waals surface area (Å²) in [5.74, 6) is 1.43. The molecule has 0 spiro atoms. The topological polar surface area (TPSA) is 66.0 Å². The predicted molar refractivity (Wildman–Crippen MR) is 99.9 cm³/mol. The van der Waals surface area contributed by atoms with Gasteiger partial charge in [-0.1, -0.05) is 11.6 Å². The van der Waals surface area contributed by atoms with Crippen LogP contribution in [-0.4, -0.2) is 46.5 Å². The molecule has 1 fully saturated rings. The molecule has 0 bridgehead atoms. The number of rotatable bonds is 6. The normalized spacial score (nSPS) is 16.3. The number of nitrogens with zero attached hydrogens (tertiary/aromatic N) is 4. The average molecular weight is 367 g/mol. The van der Waals surface area contributed by atoms with E-state index in [2.05, 4.69) is 42.8 Å². The summed E-state index contributed by atoms with van der Waals surface area (Å²) in [6.45, 7) is 6.17. The maximum atomic E-state index is 6.08. The number of halogens is 1. The molecular weight excluding hydrogens is 344 g/mol. The van der Waals surface area contributed by atoms with E-state index in [-0.39, 0.29) is 0 Å². The molecular formula is C16H23ClN6S. The average Bonchev–Trinajstić information content (AvgIpc) is 2.99. The van der Waals surface area contributed by atoms with Crippen LogP contribution in [-0.2, 0) is 6.54 Å². The zero-order valence-electron chi connectivity index (χ0n) is 14.0. The molecule has 3 heterocycles. The first kappa shape index (κ1) is 17.4. The summed E-state index contributed by atoms with van der Waals surface area (Å²) in [7, 11) is 1.83. The maximum absolute atomic E-state index is 6.08. The fraction of sp³-hybridized carbons (Fsp3) is 0.562. The van der Waals surface area contributed by atoms with Crippen LogP contribution < -0.4 is 10.6 Å². The zero-order chi connectivity index (χ0) is 16.9. The molecule has 130 valence electrons. The van der Waals surface area contributed by atoms with Crippen molar-refractivity contribution in [2.75, 3.05) is 37.3 Å². The molecule has 0 aliphatic carbocycles. The highest BCUT2D eigenvalue weighted by molar-refractivity contribution is 7.09. The molecule has 3 rings (SSSR count). The van der Waals surface area contributed by atoms with Crippen molar-refractivity contribution in [3.8, 4) is 0 Å². The van der Waals surface area contributed by atoms with E-state index in [0.717, 1.165) is 42.7 Å². The lowest BCUT2D eigenvalue weighted by molar-refractivity contribution is 0.181. The lowest BCUT2D eigenvalue weighted by atomic mass is 9.96. The molecule has 0 unspecified atom stereocenters. The highest BCUT2D eigenvalue weighted by atomic mass is 35.5. The van der Waals surface area contributed by atoms with Gasteiger partial charge in [0.2, 0.25) is 0 Å². The van der Waals surface area contributed by atoms with Crippen molar-refractivity contribution in [3.63, 3.8) is 0 Å². The van der Waals surface area contributed by atoms with Crippen molar-refractivity contribution in [2.24, 2.45) is 5.92 Å². The van der Waals surface area contributed by atoms with Crippen LogP contribution in [0.15, 0.2) is 11.7 Å². The molecule has 1 saturated heterocycles. The molecule has 2 N–H and O–H groups in total. The van der Waals surface area contributed by atoms with E-state index in [0.29, 0.717) is 11.1 Å². The number of nitrogens with one attached hydrogen (secondary N) is 2. The molecule has 1 aliphatic heterocycles. The lowest BCUT2D eigenvalue weighted by Gasteiger charge is -2.31. The van der Waals surface area contributed by atoms with Crippen LogP contribution in [0.1, 0.15) is 23.5 Å². The molecule has 6 nitrogen and oxygen atoms in total. The second-order valence-corrected chi connectivity index (χ2v) is 7.52. The third kappa shape index (κ3) is 4.34. The predicted octanol–water partition coefficient (Wildman–Crippen LogP) is 3.26. The molecule has 0 aromatic carbocycles. The van der Waals surface area contributed by atoms with E-state index >= 15 is 0 Å². The summed E-state index contributed by atoms with van der Waals surface area (Å²) < 4.78 is 0. The Kier molecular flexibility index (Phi) is 5.86. The van der Waals surface area contributed by atoms with Crippen LogP contribution in [0.25, 0.3) is 0 Å². The van der Waals surface area contributed by atoms with Gasteiger partial charge >= 0.3 is 0 Å². The summed E-state index contributed by atoms with van der Waals surface area (Å²) in [6.07, 6.45) is 3.86. The largest absolute Gasteiger partial charge is 0.383 e. The first-order valence-electron chi connectivity index (χ1n) is 8.21. The van der Waals surface area contributed by atoms with E-state index in [1.54, 1.807) is 11.3 Å². The van der Waals surface area contributed by atoms with Crippen LogP contribution >= 0.6 is 22.9 Å². The van der Waals surface area contributed by atoms with Gasteiger partial charge in [-0.3, -0.25) is 4.90 Å². The number of anilines is 2. The highest BCUT2D eigenvalue weighted by Crippen LogP contribution is 2.26. The first-order valence-corrected chi connectivity index (χ1v) is 9.47. The van der Waals surface area contributed by atoms with E-state index in [9.17, 15) is 0 Å². The van der Waals surface area contributed by atoms with Crippen molar-refractivity contribution < 1.29 is 0 Å². The van der Waals surface area contributed by atoms with Crippen LogP contribution in [0.5, 0.6) is 0 Å². The van der Waals surface area contributed by atoms with Gasteiger partial charge in [-0.05, 0) is 38.8 Å². The minimum atomic E-state index is 0.448. The molecule has 8 heteroatoms. The highest BCUT2D eigenvalue weighted by Gasteiger charge is 2.20. The van der Waals surface area contributed by atoms with Crippen molar-refractivity contribution in [3.05, 3.63) is 27.6 Å². The van der Waals surface area contributed by atoms with Crippen LogP contribution in [0.2, 0.25) is 5.15 Å². The molecule has 0 atom stereocenters. The van der Waals surface area contributed by atoms with E-state index in [1.165, 1.54) is 24.9 Å². The number of thiazole rings is 1. The van der Waals surface area contributed by atoms with Gasteiger partial charge in [-0.15, -0.1) is 11.3 Å². The number of hydrogen-bond donors (Lipinski definition) is 2. The fourth-order valence-corrected chi connectivity index (χ4v) is 3.85. The molecule has 24 heavy (non-hydrogen) atoms. The Morgan fingerprint density at radius 3 is 2.79 bits per heavy atom. The molecule has 0 radical (unpaired) electrons. The molecule has 0 saturated carbocycles. The van der Waals surface area contributed by atoms with Gasteiger partial charge in [0.1, 0.15) is 12.0 Å². The monoisotopic (exact) mass is 366 g/mol. The molecule has 2 aromatic rings. The zero-order valence-corrected chi connectivity index (χ0v) is 15.6.